The molecule has 0 amide bonds. The zero-order valence-corrected chi connectivity index (χ0v) is 18.0. The predicted molar refractivity (Wildman–Crippen MR) is 113 cm³/mol. The molecule has 31 heavy (non-hydrogen) atoms. The number of hydrogen-bond donors (Lipinski definition) is 2. The zero-order valence-electron chi connectivity index (χ0n) is 18.0. The molecule has 0 saturated carbocycles. The summed E-state index contributed by atoms with van der Waals surface area (Å²) in [4.78, 5) is 4.33. The maximum atomic E-state index is 13.2. The van der Waals surface area contributed by atoms with Gasteiger partial charge < -0.3 is 10.6 Å². The first-order valence-electron chi connectivity index (χ1n) is 9.92. The molecule has 3 rings (SSSR count). The standard InChI is InChI=1S/C21H26F3N7/c1-5-25-20(27-12-17-13-30(4)29-19(17)21(22,23)24)26-11-16-8-6-7-9-18(16)31-15(3)10-14(2)28-31/h6-10,13H,5,11-12H2,1-4H3,(H2,25,26,27). The molecule has 0 fully saturated rings. The van der Waals surface area contributed by atoms with E-state index in [2.05, 4.69) is 25.8 Å². The van der Waals surface area contributed by atoms with Crippen molar-refractivity contribution in [1.82, 2.24) is 30.2 Å². The van der Waals surface area contributed by atoms with Crippen LogP contribution < -0.4 is 10.6 Å². The summed E-state index contributed by atoms with van der Waals surface area (Å²) in [7, 11) is 1.46. The van der Waals surface area contributed by atoms with Gasteiger partial charge in [0.25, 0.3) is 0 Å². The minimum absolute atomic E-state index is 0.0234. The van der Waals surface area contributed by atoms with Crippen LogP contribution in [0.2, 0.25) is 0 Å². The second-order valence-corrected chi connectivity index (χ2v) is 7.19. The summed E-state index contributed by atoms with van der Waals surface area (Å²) in [5, 5.41) is 14.3. The highest BCUT2D eigenvalue weighted by Crippen LogP contribution is 2.30. The van der Waals surface area contributed by atoms with Gasteiger partial charge in [0, 0.05) is 37.6 Å². The van der Waals surface area contributed by atoms with Gasteiger partial charge in [-0.3, -0.25) is 4.68 Å². The van der Waals surface area contributed by atoms with Gasteiger partial charge in [-0.05, 0) is 38.5 Å². The Bertz CT molecular complexity index is 1060. The molecule has 166 valence electrons. The number of para-hydroxylation sites is 1. The Kier molecular flexibility index (Phi) is 6.67. The molecular formula is C21H26F3N7. The van der Waals surface area contributed by atoms with Crippen molar-refractivity contribution in [3.05, 3.63) is 64.7 Å². The molecule has 2 heterocycles. The van der Waals surface area contributed by atoms with Gasteiger partial charge in [-0.2, -0.15) is 23.4 Å². The van der Waals surface area contributed by atoms with Crippen LogP contribution in [0, 0.1) is 13.8 Å². The second-order valence-electron chi connectivity index (χ2n) is 7.19. The van der Waals surface area contributed by atoms with E-state index in [1.165, 1.54) is 13.2 Å². The van der Waals surface area contributed by atoms with Crippen LogP contribution in [0.4, 0.5) is 13.2 Å². The van der Waals surface area contributed by atoms with Crippen LogP contribution in [0.5, 0.6) is 0 Å². The molecule has 0 atom stereocenters. The fourth-order valence-electron chi connectivity index (χ4n) is 3.32. The van der Waals surface area contributed by atoms with E-state index in [4.69, 9.17) is 0 Å². The zero-order chi connectivity index (χ0) is 22.6. The molecule has 0 aliphatic rings. The maximum Gasteiger partial charge on any atom is 0.435 e. The van der Waals surface area contributed by atoms with Crippen molar-refractivity contribution in [2.75, 3.05) is 6.54 Å². The van der Waals surface area contributed by atoms with Crippen LogP contribution >= 0.6 is 0 Å². The van der Waals surface area contributed by atoms with E-state index < -0.39 is 11.9 Å². The van der Waals surface area contributed by atoms with Gasteiger partial charge >= 0.3 is 6.18 Å². The van der Waals surface area contributed by atoms with E-state index in [9.17, 15) is 13.2 Å². The van der Waals surface area contributed by atoms with Gasteiger partial charge in [-0.25, -0.2) is 9.67 Å². The third kappa shape index (κ3) is 5.44. The third-order valence-corrected chi connectivity index (χ3v) is 4.60. The van der Waals surface area contributed by atoms with E-state index in [-0.39, 0.29) is 12.1 Å². The van der Waals surface area contributed by atoms with E-state index in [1.54, 1.807) is 0 Å². The molecule has 7 nitrogen and oxygen atoms in total. The largest absolute Gasteiger partial charge is 0.435 e. The lowest BCUT2D eigenvalue weighted by molar-refractivity contribution is -0.142. The molecule has 0 bridgehead atoms. The highest BCUT2D eigenvalue weighted by molar-refractivity contribution is 5.79. The Morgan fingerprint density at radius 3 is 2.48 bits per heavy atom. The van der Waals surface area contributed by atoms with Gasteiger partial charge in [0.15, 0.2) is 11.7 Å². The topological polar surface area (TPSA) is 72.1 Å². The minimum atomic E-state index is -4.52. The van der Waals surface area contributed by atoms with Crippen molar-refractivity contribution >= 4 is 5.96 Å². The Morgan fingerprint density at radius 1 is 1.10 bits per heavy atom. The first-order chi connectivity index (χ1) is 14.7. The van der Waals surface area contributed by atoms with E-state index in [1.807, 2.05) is 55.8 Å². The van der Waals surface area contributed by atoms with Crippen LogP contribution in [0.3, 0.4) is 0 Å². The second kappa shape index (κ2) is 9.23. The summed E-state index contributed by atoms with van der Waals surface area (Å²) < 4.78 is 42.6. The molecule has 0 spiro atoms. The smallest absolute Gasteiger partial charge is 0.357 e. The molecule has 0 aliphatic heterocycles. The monoisotopic (exact) mass is 433 g/mol. The summed E-state index contributed by atoms with van der Waals surface area (Å²) in [6, 6.07) is 9.83. The molecule has 0 saturated heterocycles. The number of guanidine groups is 1. The molecule has 0 radical (unpaired) electrons. The number of aliphatic imine (C=N–C) groups is 1. The van der Waals surface area contributed by atoms with Crippen LogP contribution in [0.25, 0.3) is 5.69 Å². The highest BCUT2D eigenvalue weighted by Gasteiger charge is 2.36. The SMILES string of the molecule is CCNC(=NCc1cn(C)nc1C(F)(F)F)NCc1ccccc1-n1nc(C)cc1C. The van der Waals surface area contributed by atoms with Crippen molar-refractivity contribution in [3.63, 3.8) is 0 Å². The van der Waals surface area contributed by atoms with Crippen molar-refractivity contribution in [1.29, 1.82) is 0 Å². The number of alkyl halides is 3. The number of halogens is 3. The summed E-state index contributed by atoms with van der Waals surface area (Å²) in [5.41, 5.74) is 2.97. The molecule has 2 N–H and O–H groups in total. The van der Waals surface area contributed by atoms with Crippen LogP contribution in [-0.2, 0) is 26.3 Å². The number of rotatable bonds is 6. The molecule has 0 unspecified atom stereocenters. The third-order valence-electron chi connectivity index (χ3n) is 4.60. The highest BCUT2D eigenvalue weighted by atomic mass is 19.4. The Balaban J connectivity index is 1.79. The number of aromatic nitrogens is 4. The van der Waals surface area contributed by atoms with Crippen molar-refractivity contribution < 1.29 is 13.2 Å². The number of benzene rings is 1. The Labute approximate surface area is 179 Å². The van der Waals surface area contributed by atoms with E-state index in [0.717, 1.165) is 27.3 Å². The van der Waals surface area contributed by atoms with E-state index >= 15 is 0 Å². The lowest BCUT2D eigenvalue weighted by Crippen LogP contribution is -2.37. The minimum Gasteiger partial charge on any atom is -0.357 e. The first kappa shape index (κ1) is 22.4. The number of nitrogens with zero attached hydrogens (tertiary/aromatic N) is 5. The Morgan fingerprint density at radius 2 is 1.84 bits per heavy atom. The lowest BCUT2D eigenvalue weighted by atomic mass is 10.1. The van der Waals surface area contributed by atoms with Gasteiger partial charge in [0.05, 0.1) is 17.9 Å². The quantitative estimate of drug-likeness (QED) is 0.461. The lowest BCUT2D eigenvalue weighted by Gasteiger charge is -2.15. The molecule has 10 heteroatoms. The first-order valence-corrected chi connectivity index (χ1v) is 9.92. The van der Waals surface area contributed by atoms with Crippen molar-refractivity contribution in [2.24, 2.45) is 12.0 Å². The summed E-state index contributed by atoms with van der Waals surface area (Å²) in [6.07, 6.45) is -3.18. The average Bonchev–Trinajstić information content (AvgIpc) is 3.25. The molecular weight excluding hydrogens is 407 g/mol. The normalized spacial score (nSPS) is 12.3. The van der Waals surface area contributed by atoms with Gasteiger partial charge in [-0.1, -0.05) is 18.2 Å². The molecule has 0 aliphatic carbocycles. The van der Waals surface area contributed by atoms with Crippen LogP contribution in [0.1, 0.15) is 35.1 Å². The number of nitrogens with one attached hydrogen (secondary N) is 2. The van der Waals surface area contributed by atoms with Gasteiger partial charge in [0.2, 0.25) is 0 Å². The summed E-state index contributed by atoms with van der Waals surface area (Å²) in [5.74, 6) is 0.419. The average molecular weight is 433 g/mol. The summed E-state index contributed by atoms with van der Waals surface area (Å²) in [6.45, 7) is 6.68. The Hall–Kier alpha value is -3.30. The summed E-state index contributed by atoms with van der Waals surface area (Å²) >= 11 is 0. The van der Waals surface area contributed by atoms with Crippen LogP contribution in [-0.4, -0.2) is 32.1 Å². The predicted octanol–water partition coefficient (Wildman–Crippen LogP) is 3.50. The van der Waals surface area contributed by atoms with Gasteiger partial charge in [-0.15, -0.1) is 0 Å². The number of aryl methyl sites for hydroxylation is 3. The molecule has 2 aromatic heterocycles. The van der Waals surface area contributed by atoms with Crippen LogP contribution in [0.15, 0.2) is 41.5 Å². The van der Waals surface area contributed by atoms with Crippen molar-refractivity contribution in [3.8, 4) is 5.69 Å². The van der Waals surface area contributed by atoms with Crippen molar-refractivity contribution in [2.45, 2.75) is 40.0 Å². The fourth-order valence-corrected chi connectivity index (χ4v) is 3.32. The fraction of sp³-hybridized carbons (Fsp3) is 0.381. The molecule has 1 aromatic carbocycles. The number of hydrogen-bond acceptors (Lipinski definition) is 3. The maximum absolute atomic E-state index is 13.2. The molecule has 3 aromatic rings. The van der Waals surface area contributed by atoms with E-state index in [0.29, 0.717) is 19.0 Å². The van der Waals surface area contributed by atoms with Gasteiger partial charge in [0.1, 0.15) is 0 Å².